The Labute approximate surface area is 122 Å². The number of hydrazine groups is 1. The first kappa shape index (κ1) is 14.4. The van der Waals surface area contributed by atoms with Gasteiger partial charge in [-0.1, -0.05) is 29.8 Å². The van der Waals surface area contributed by atoms with Gasteiger partial charge >= 0.3 is 0 Å². The van der Waals surface area contributed by atoms with E-state index in [9.17, 15) is 4.79 Å². The number of hydrogen-bond donors (Lipinski definition) is 3. The zero-order valence-electron chi connectivity index (χ0n) is 11.3. The first-order valence-electron chi connectivity index (χ1n) is 6.16. The fraction of sp³-hybridized carbons (Fsp3) is 0.133. The van der Waals surface area contributed by atoms with E-state index in [4.69, 9.17) is 17.4 Å². The number of benzene rings is 2. The number of aryl methyl sites for hydroxylation is 2. The summed E-state index contributed by atoms with van der Waals surface area (Å²) in [5, 5.41) is 3.33. The molecule has 4 N–H and O–H groups in total. The van der Waals surface area contributed by atoms with E-state index < -0.39 is 0 Å². The summed E-state index contributed by atoms with van der Waals surface area (Å²) in [6.07, 6.45) is 0. The van der Waals surface area contributed by atoms with Gasteiger partial charge in [-0.2, -0.15) is 0 Å². The van der Waals surface area contributed by atoms with Gasteiger partial charge in [0.15, 0.2) is 0 Å². The van der Waals surface area contributed by atoms with Crippen LogP contribution < -0.4 is 16.6 Å². The van der Waals surface area contributed by atoms with Crippen LogP contribution in [0.4, 0.5) is 11.4 Å². The highest BCUT2D eigenvalue weighted by Gasteiger charge is 2.13. The summed E-state index contributed by atoms with van der Waals surface area (Å²) in [6.45, 7) is 3.82. The monoisotopic (exact) mass is 289 g/mol. The van der Waals surface area contributed by atoms with Gasteiger partial charge in [0.1, 0.15) is 0 Å². The number of nitrogen functional groups attached to an aromatic ring is 1. The van der Waals surface area contributed by atoms with Crippen LogP contribution in [0.5, 0.6) is 0 Å². The molecule has 0 saturated heterocycles. The van der Waals surface area contributed by atoms with Crippen LogP contribution in [-0.4, -0.2) is 5.91 Å². The molecule has 0 aromatic heterocycles. The number of nitrogens with two attached hydrogens (primary N) is 1. The highest BCUT2D eigenvalue weighted by Crippen LogP contribution is 2.26. The number of nitrogens with one attached hydrogen (secondary N) is 2. The van der Waals surface area contributed by atoms with Crippen LogP contribution in [0, 0.1) is 13.8 Å². The third kappa shape index (κ3) is 2.92. The molecule has 2 aromatic rings. The molecular weight excluding hydrogens is 274 g/mol. The Morgan fingerprint density at radius 3 is 2.60 bits per heavy atom. The van der Waals surface area contributed by atoms with Crippen molar-refractivity contribution in [1.29, 1.82) is 0 Å². The number of carbonyl (C=O) groups excluding carboxylic acids is 1. The standard InChI is InChI=1S/C15H16ClN3O/c1-9-6-7-11(13(8-9)19-17)15(20)18-14-10(2)4-3-5-12(14)16/h3-8,19H,17H2,1-2H3,(H,18,20). The molecule has 0 bridgehead atoms. The number of anilines is 2. The Kier molecular flexibility index (Phi) is 4.27. The van der Waals surface area contributed by atoms with Crippen molar-refractivity contribution in [2.45, 2.75) is 13.8 Å². The second kappa shape index (κ2) is 5.94. The molecular formula is C15H16ClN3O. The van der Waals surface area contributed by atoms with Gasteiger partial charge in [-0.25, -0.2) is 0 Å². The molecule has 0 aliphatic carbocycles. The van der Waals surface area contributed by atoms with E-state index in [1.807, 2.05) is 38.1 Å². The van der Waals surface area contributed by atoms with Crippen molar-refractivity contribution in [2.24, 2.45) is 5.84 Å². The molecule has 1 amide bonds. The lowest BCUT2D eigenvalue weighted by Gasteiger charge is -2.13. The lowest BCUT2D eigenvalue weighted by Crippen LogP contribution is -2.18. The molecule has 4 nitrogen and oxygen atoms in total. The summed E-state index contributed by atoms with van der Waals surface area (Å²) < 4.78 is 0. The zero-order chi connectivity index (χ0) is 14.7. The number of halogens is 1. The Hall–Kier alpha value is -2.04. The maximum absolute atomic E-state index is 12.3. The molecule has 104 valence electrons. The molecule has 0 radical (unpaired) electrons. The summed E-state index contributed by atoms with van der Waals surface area (Å²) in [5.74, 6) is 5.20. The second-order valence-corrected chi connectivity index (χ2v) is 4.99. The fourth-order valence-corrected chi connectivity index (χ4v) is 2.22. The van der Waals surface area contributed by atoms with Gasteiger partial charge in [0.05, 0.1) is 22.0 Å². The van der Waals surface area contributed by atoms with Crippen LogP contribution in [0.15, 0.2) is 36.4 Å². The van der Waals surface area contributed by atoms with Gasteiger partial charge in [0.2, 0.25) is 0 Å². The van der Waals surface area contributed by atoms with Gasteiger partial charge in [0.25, 0.3) is 5.91 Å². The quantitative estimate of drug-likeness (QED) is 0.598. The van der Waals surface area contributed by atoms with Gasteiger partial charge in [-0.3, -0.25) is 10.6 Å². The summed E-state index contributed by atoms with van der Waals surface area (Å²) in [7, 11) is 0. The van der Waals surface area contributed by atoms with Crippen molar-refractivity contribution < 1.29 is 4.79 Å². The minimum atomic E-state index is -0.255. The largest absolute Gasteiger partial charge is 0.323 e. The second-order valence-electron chi connectivity index (χ2n) is 4.58. The topological polar surface area (TPSA) is 67.2 Å². The zero-order valence-corrected chi connectivity index (χ0v) is 12.1. The van der Waals surface area contributed by atoms with Gasteiger partial charge in [-0.05, 0) is 43.2 Å². The number of hydrogen-bond acceptors (Lipinski definition) is 3. The van der Waals surface area contributed by atoms with Crippen LogP contribution in [0.25, 0.3) is 0 Å². The van der Waals surface area contributed by atoms with Crippen molar-refractivity contribution in [3.05, 3.63) is 58.1 Å². The molecule has 0 heterocycles. The predicted octanol–water partition coefficient (Wildman–Crippen LogP) is 3.49. The predicted molar refractivity (Wildman–Crippen MR) is 83.1 cm³/mol. The smallest absolute Gasteiger partial charge is 0.257 e. The number of rotatable bonds is 3. The van der Waals surface area contributed by atoms with Crippen LogP contribution in [0.2, 0.25) is 5.02 Å². The first-order chi connectivity index (χ1) is 9.52. The molecule has 0 aliphatic rings. The van der Waals surface area contributed by atoms with E-state index in [2.05, 4.69) is 10.7 Å². The molecule has 5 heteroatoms. The highest BCUT2D eigenvalue weighted by molar-refractivity contribution is 6.34. The summed E-state index contributed by atoms with van der Waals surface area (Å²) in [5.41, 5.74) is 6.12. The lowest BCUT2D eigenvalue weighted by atomic mass is 10.1. The van der Waals surface area contributed by atoms with E-state index in [0.29, 0.717) is 22.0 Å². The Morgan fingerprint density at radius 2 is 1.95 bits per heavy atom. The Balaban J connectivity index is 2.33. The number of para-hydroxylation sites is 1. The van der Waals surface area contributed by atoms with E-state index in [1.54, 1.807) is 12.1 Å². The van der Waals surface area contributed by atoms with E-state index in [1.165, 1.54) is 0 Å². The maximum atomic E-state index is 12.3. The Bertz CT molecular complexity index is 635. The van der Waals surface area contributed by atoms with Crippen molar-refractivity contribution in [1.82, 2.24) is 0 Å². The van der Waals surface area contributed by atoms with Crippen LogP contribution in [0.1, 0.15) is 21.5 Å². The summed E-state index contributed by atoms with van der Waals surface area (Å²) in [6, 6.07) is 10.9. The fourth-order valence-electron chi connectivity index (χ4n) is 1.95. The van der Waals surface area contributed by atoms with Gasteiger partial charge in [-0.15, -0.1) is 0 Å². The molecule has 2 aromatic carbocycles. The normalized spacial score (nSPS) is 10.2. The minimum absolute atomic E-state index is 0.255. The van der Waals surface area contributed by atoms with E-state index >= 15 is 0 Å². The molecule has 0 saturated carbocycles. The molecule has 2 rings (SSSR count). The molecule has 0 atom stereocenters. The average Bonchev–Trinajstić information content (AvgIpc) is 2.42. The van der Waals surface area contributed by atoms with Crippen molar-refractivity contribution in [3.63, 3.8) is 0 Å². The molecule has 20 heavy (non-hydrogen) atoms. The molecule has 0 unspecified atom stereocenters. The van der Waals surface area contributed by atoms with Crippen molar-refractivity contribution in [2.75, 3.05) is 10.7 Å². The van der Waals surface area contributed by atoms with E-state index in [0.717, 1.165) is 11.1 Å². The third-order valence-corrected chi connectivity index (χ3v) is 3.35. The Morgan fingerprint density at radius 1 is 1.20 bits per heavy atom. The SMILES string of the molecule is Cc1ccc(C(=O)Nc2c(C)cccc2Cl)c(NN)c1. The average molecular weight is 290 g/mol. The third-order valence-electron chi connectivity index (χ3n) is 3.04. The molecule has 0 spiro atoms. The number of amides is 1. The van der Waals surface area contributed by atoms with Crippen molar-refractivity contribution in [3.8, 4) is 0 Å². The molecule has 0 fully saturated rings. The highest BCUT2D eigenvalue weighted by atomic mass is 35.5. The minimum Gasteiger partial charge on any atom is -0.323 e. The van der Waals surface area contributed by atoms with Gasteiger partial charge in [0, 0.05) is 0 Å². The molecule has 0 aliphatic heterocycles. The van der Waals surface area contributed by atoms with Crippen LogP contribution in [0.3, 0.4) is 0 Å². The van der Waals surface area contributed by atoms with Crippen molar-refractivity contribution >= 4 is 28.9 Å². The maximum Gasteiger partial charge on any atom is 0.257 e. The lowest BCUT2D eigenvalue weighted by molar-refractivity contribution is 0.102. The summed E-state index contributed by atoms with van der Waals surface area (Å²) >= 11 is 6.10. The first-order valence-corrected chi connectivity index (χ1v) is 6.54. The van der Waals surface area contributed by atoms with E-state index in [-0.39, 0.29) is 5.91 Å². The van der Waals surface area contributed by atoms with Gasteiger partial charge < -0.3 is 10.7 Å². The van der Waals surface area contributed by atoms with Crippen LogP contribution in [-0.2, 0) is 0 Å². The van der Waals surface area contributed by atoms with Crippen LogP contribution >= 0.6 is 11.6 Å². The number of carbonyl (C=O) groups is 1. The summed E-state index contributed by atoms with van der Waals surface area (Å²) in [4.78, 5) is 12.3.